The molecule has 0 bridgehead atoms. The maximum absolute atomic E-state index is 15.6. The van der Waals surface area contributed by atoms with Crippen molar-refractivity contribution >= 4 is 45.6 Å². The smallest absolute Gasteiger partial charge is 0.341 e. The number of ether oxygens (including phenoxy) is 1. The number of carboxylic acid groups (broad SMARTS) is 1. The molecule has 1 saturated carbocycles. The number of para-hydroxylation sites is 1. The van der Waals surface area contributed by atoms with Crippen LogP contribution >= 0.6 is 12.2 Å². The molecule has 2 N–H and O–H groups in total. The normalized spacial score (nSPS) is 17.8. The number of nitrogens with one attached hydrogen (secondary N) is 1. The van der Waals surface area contributed by atoms with Crippen LogP contribution in [0.5, 0.6) is 5.75 Å². The fraction of sp³-hybridized carbons (Fsp3) is 0.346. The first-order valence-electron chi connectivity index (χ1n) is 11.9. The minimum atomic E-state index is -1.33. The number of piperazine rings is 1. The third kappa shape index (κ3) is 4.26. The van der Waals surface area contributed by atoms with Gasteiger partial charge in [-0.2, -0.15) is 0 Å². The Morgan fingerprint density at radius 3 is 2.56 bits per heavy atom. The molecule has 1 atom stereocenters. The molecule has 8 nitrogen and oxygen atoms in total. The zero-order valence-electron chi connectivity index (χ0n) is 20.0. The monoisotopic (exact) mass is 510 g/mol. The van der Waals surface area contributed by atoms with E-state index in [2.05, 4.69) is 10.2 Å². The molecule has 0 radical (unpaired) electrons. The number of carbonyl (C=O) groups is 1. The summed E-state index contributed by atoms with van der Waals surface area (Å²) in [5, 5.41) is 13.4. The molecule has 10 heteroatoms. The highest BCUT2D eigenvalue weighted by molar-refractivity contribution is 7.80. The summed E-state index contributed by atoms with van der Waals surface area (Å²) < 4.78 is 23.1. The Kier molecular flexibility index (Phi) is 6.29. The van der Waals surface area contributed by atoms with Crippen LogP contribution in [0, 0.1) is 5.82 Å². The number of rotatable bonds is 5. The van der Waals surface area contributed by atoms with Gasteiger partial charge in [-0.3, -0.25) is 4.79 Å². The van der Waals surface area contributed by atoms with Gasteiger partial charge in [0, 0.05) is 43.6 Å². The van der Waals surface area contributed by atoms with Gasteiger partial charge in [-0.15, -0.1) is 0 Å². The summed E-state index contributed by atoms with van der Waals surface area (Å²) in [6.07, 6.45) is 3.08. The third-order valence-corrected chi connectivity index (χ3v) is 7.14. The number of hydrogen-bond acceptors (Lipinski definition) is 5. The van der Waals surface area contributed by atoms with Crippen LogP contribution in [0.4, 0.5) is 15.8 Å². The maximum atomic E-state index is 15.6. The van der Waals surface area contributed by atoms with Crippen molar-refractivity contribution in [3.05, 3.63) is 64.2 Å². The highest BCUT2D eigenvalue weighted by Gasteiger charge is 2.33. The molecule has 1 aliphatic carbocycles. The van der Waals surface area contributed by atoms with Crippen molar-refractivity contribution in [2.75, 3.05) is 37.0 Å². The first-order valence-corrected chi connectivity index (χ1v) is 12.3. The van der Waals surface area contributed by atoms with Crippen molar-refractivity contribution in [1.29, 1.82) is 0 Å². The molecule has 2 fully saturated rings. The van der Waals surface area contributed by atoms with Gasteiger partial charge in [-0.25, -0.2) is 9.18 Å². The lowest BCUT2D eigenvalue weighted by atomic mass is 10.1. The second-order valence-electron chi connectivity index (χ2n) is 9.24. The molecule has 0 unspecified atom stereocenters. The second kappa shape index (κ2) is 9.42. The Labute approximate surface area is 212 Å². The lowest BCUT2D eigenvalue weighted by Crippen LogP contribution is -2.55. The van der Waals surface area contributed by atoms with Crippen LogP contribution in [0.2, 0.25) is 0 Å². The summed E-state index contributed by atoms with van der Waals surface area (Å²) in [6.45, 7) is 3.56. The van der Waals surface area contributed by atoms with E-state index in [1.54, 1.807) is 4.57 Å². The molecule has 188 valence electrons. The number of fused-ring (bicyclic) bond motifs is 1. The number of methoxy groups -OCH3 is 1. The average Bonchev–Trinajstić information content (AvgIpc) is 3.69. The number of benzene rings is 2. The lowest BCUT2D eigenvalue weighted by Gasteiger charge is -2.42. The molecule has 1 aromatic heterocycles. The first kappa shape index (κ1) is 24.1. The van der Waals surface area contributed by atoms with Crippen LogP contribution in [0.15, 0.2) is 47.4 Å². The molecule has 36 heavy (non-hydrogen) atoms. The van der Waals surface area contributed by atoms with Crippen LogP contribution in [-0.2, 0) is 0 Å². The van der Waals surface area contributed by atoms with E-state index in [0.29, 0.717) is 30.3 Å². The van der Waals surface area contributed by atoms with E-state index in [9.17, 15) is 14.7 Å². The van der Waals surface area contributed by atoms with Crippen molar-refractivity contribution in [1.82, 2.24) is 9.47 Å². The van der Waals surface area contributed by atoms with Crippen molar-refractivity contribution in [2.24, 2.45) is 0 Å². The van der Waals surface area contributed by atoms with Crippen LogP contribution in [0.3, 0.4) is 0 Å². The Morgan fingerprint density at radius 2 is 1.94 bits per heavy atom. The number of pyridine rings is 1. The van der Waals surface area contributed by atoms with E-state index >= 15 is 4.39 Å². The Hall–Kier alpha value is -3.66. The molecule has 2 aromatic carbocycles. The average molecular weight is 511 g/mol. The molecular formula is C26H27FN4O4S. The number of hydrogen-bond donors (Lipinski definition) is 2. The van der Waals surface area contributed by atoms with E-state index in [-0.39, 0.29) is 34.5 Å². The van der Waals surface area contributed by atoms with Gasteiger partial charge in [0.1, 0.15) is 11.3 Å². The summed E-state index contributed by atoms with van der Waals surface area (Å²) >= 11 is 5.64. The lowest BCUT2D eigenvalue weighted by molar-refractivity contribution is 0.0694. The van der Waals surface area contributed by atoms with Crippen LogP contribution in [0.25, 0.3) is 10.9 Å². The van der Waals surface area contributed by atoms with Crippen molar-refractivity contribution < 1.29 is 19.0 Å². The van der Waals surface area contributed by atoms with Crippen LogP contribution in [0.1, 0.15) is 36.2 Å². The highest BCUT2D eigenvalue weighted by atomic mass is 32.1. The summed E-state index contributed by atoms with van der Waals surface area (Å²) in [6, 6.07) is 10.9. The fourth-order valence-corrected chi connectivity index (χ4v) is 5.29. The van der Waals surface area contributed by atoms with E-state index in [1.807, 2.05) is 42.2 Å². The van der Waals surface area contributed by atoms with E-state index in [4.69, 9.17) is 17.0 Å². The van der Waals surface area contributed by atoms with Crippen molar-refractivity contribution in [2.45, 2.75) is 31.8 Å². The van der Waals surface area contributed by atoms with Gasteiger partial charge in [-0.05, 0) is 50.2 Å². The van der Waals surface area contributed by atoms with Crippen LogP contribution in [-0.4, -0.2) is 58.4 Å². The molecule has 3 aromatic rings. The quantitative estimate of drug-likeness (QED) is 0.497. The van der Waals surface area contributed by atoms with Gasteiger partial charge >= 0.3 is 5.97 Å². The second-order valence-corrected chi connectivity index (χ2v) is 9.62. The topological polar surface area (TPSA) is 87.0 Å². The van der Waals surface area contributed by atoms with E-state index < -0.39 is 17.2 Å². The number of thiocarbonyl (C=S) groups is 1. The maximum Gasteiger partial charge on any atom is 0.341 e. The molecule has 2 aliphatic rings. The summed E-state index contributed by atoms with van der Waals surface area (Å²) in [5.41, 5.74) is 0.523. The summed E-state index contributed by atoms with van der Waals surface area (Å²) in [4.78, 5) is 28.6. The molecule has 0 spiro atoms. The van der Waals surface area contributed by atoms with Gasteiger partial charge < -0.3 is 29.5 Å². The predicted octanol–water partition coefficient (Wildman–Crippen LogP) is 4.09. The summed E-state index contributed by atoms with van der Waals surface area (Å²) in [7, 11) is 1.45. The van der Waals surface area contributed by atoms with Gasteiger partial charge in [0.25, 0.3) is 0 Å². The number of aromatic carboxylic acids is 1. The Morgan fingerprint density at radius 1 is 1.22 bits per heavy atom. The first-order chi connectivity index (χ1) is 17.3. The minimum Gasteiger partial charge on any atom is -0.492 e. The molecule has 2 heterocycles. The molecule has 1 aliphatic heterocycles. The molecule has 5 rings (SSSR count). The number of nitrogens with zero attached hydrogens (tertiary/aromatic N) is 3. The zero-order chi connectivity index (χ0) is 25.6. The van der Waals surface area contributed by atoms with Crippen molar-refractivity contribution in [3.63, 3.8) is 0 Å². The van der Waals surface area contributed by atoms with Gasteiger partial charge in [0.2, 0.25) is 5.43 Å². The zero-order valence-corrected chi connectivity index (χ0v) is 20.8. The van der Waals surface area contributed by atoms with E-state index in [1.165, 1.54) is 13.3 Å². The number of aromatic nitrogens is 1. The largest absolute Gasteiger partial charge is 0.492 e. The molecular weight excluding hydrogens is 483 g/mol. The van der Waals surface area contributed by atoms with E-state index in [0.717, 1.165) is 24.6 Å². The third-order valence-electron chi connectivity index (χ3n) is 6.80. The van der Waals surface area contributed by atoms with Crippen molar-refractivity contribution in [3.8, 4) is 5.75 Å². The van der Waals surface area contributed by atoms with Gasteiger partial charge in [0.05, 0.1) is 18.0 Å². The SMILES string of the molecule is COc1c(N2CCN(C(=S)Nc3ccccc3)[C@H](C)C2)c(F)cc2c(=O)c(C(=O)O)cn(C3CC3)c12. The Balaban J connectivity index is 1.50. The predicted molar refractivity (Wildman–Crippen MR) is 141 cm³/mol. The fourth-order valence-electron chi connectivity index (χ4n) is 4.90. The standard InChI is InChI=1S/C26H27FN4O4S/c1-15-13-29(10-11-30(15)26(36)28-16-6-4-3-5-7-16)22-20(27)12-18-21(24(22)35-2)31(17-8-9-17)14-19(23(18)32)25(33)34/h3-7,12,14-15,17H,8-11,13H2,1-2H3,(H,28,36)(H,33,34)/t15-/m1/s1. The van der Waals surface area contributed by atoms with Gasteiger partial charge in [0.15, 0.2) is 16.7 Å². The highest BCUT2D eigenvalue weighted by Crippen LogP contribution is 2.44. The number of anilines is 2. The minimum absolute atomic E-state index is 0.0137. The molecule has 0 amide bonds. The molecule has 1 saturated heterocycles. The number of halogens is 1. The summed E-state index contributed by atoms with van der Waals surface area (Å²) in [5.74, 6) is -1.70. The van der Waals surface area contributed by atoms with Crippen LogP contribution < -0.4 is 20.4 Å². The Bertz CT molecular complexity index is 1410. The number of carboxylic acids is 1. The van der Waals surface area contributed by atoms with Gasteiger partial charge in [-0.1, -0.05) is 18.2 Å².